The molecule has 0 spiro atoms. The molecular formula is C35H39ClN4. The lowest BCUT2D eigenvalue weighted by Crippen LogP contribution is -2.47. The number of rotatable bonds is 7. The molecular weight excluding hydrogens is 512 g/mol. The van der Waals surface area contributed by atoms with E-state index in [0.29, 0.717) is 5.41 Å². The number of H-pyrrole nitrogens is 1. The number of hydrogen-bond donors (Lipinski definition) is 1. The molecule has 5 heteroatoms. The second-order valence-corrected chi connectivity index (χ2v) is 12.7. The molecule has 4 nitrogen and oxygen atoms in total. The number of nitrogens with one attached hydrogen (secondary N) is 1. The first-order valence-corrected chi connectivity index (χ1v) is 14.9. The van der Waals surface area contributed by atoms with Gasteiger partial charge in [-0.15, -0.1) is 0 Å². The highest BCUT2D eigenvalue weighted by molar-refractivity contribution is 6.30. The number of fused-ring (bicyclic) bond motifs is 1. The third-order valence-corrected chi connectivity index (χ3v) is 8.98. The highest BCUT2D eigenvalue weighted by Gasteiger charge is 2.29. The molecule has 6 rings (SSSR count). The lowest BCUT2D eigenvalue weighted by atomic mass is 9.72. The Morgan fingerprint density at radius 2 is 1.82 bits per heavy atom. The van der Waals surface area contributed by atoms with Gasteiger partial charge in [-0.05, 0) is 95.3 Å². The number of pyridine rings is 1. The third kappa shape index (κ3) is 5.89. The Labute approximate surface area is 243 Å². The maximum atomic E-state index is 6.21. The molecule has 2 aromatic heterocycles. The van der Waals surface area contributed by atoms with E-state index in [2.05, 4.69) is 82.7 Å². The second-order valence-electron chi connectivity index (χ2n) is 12.2. The van der Waals surface area contributed by atoms with Gasteiger partial charge >= 0.3 is 0 Å². The van der Waals surface area contributed by atoms with Gasteiger partial charge in [0.25, 0.3) is 0 Å². The Balaban J connectivity index is 1.15. The maximum absolute atomic E-state index is 6.21. The molecule has 0 bridgehead atoms. The summed E-state index contributed by atoms with van der Waals surface area (Å²) in [5, 5.41) is 1.96. The van der Waals surface area contributed by atoms with Crippen LogP contribution >= 0.6 is 11.6 Å². The Morgan fingerprint density at radius 3 is 2.60 bits per heavy atom. The van der Waals surface area contributed by atoms with Crippen molar-refractivity contribution in [2.75, 3.05) is 37.6 Å². The summed E-state index contributed by atoms with van der Waals surface area (Å²) < 4.78 is 0. The van der Waals surface area contributed by atoms with Gasteiger partial charge in [-0.1, -0.05) is 61.9 Å². The Bertz CT molecular complexity index is 1540. The van der Waals surface area contributed by atoms with Crippen molar-refractivity contribution >= 4 is 40.0 Å². The number of allylic oxidation sites excluding steroid dienone is 1. The van der Waals surface area contributed by atoms with Crippen LogP contribution in [0.25, 0.3) is 22.7 Å². The number of hydrogen-bond acceptors (Lipinski definition) is 3. The van der Waals surface area contributed by atoms with Crippen LogP contribution in [0.4, 0.5) is 5.69 Å². The largest absolute Gasteiger partial charge is 0.369 e. The minimum atomic E-state index is 0.343. The zero-order chi connectivity index (χ0) is 27.7. The molecule has 1 saturated heterocycles. The molecule has 0 atom stereocenters. The topological polar surface area (TPSA) is 35.2 Å². The molecule has 3 heterocycles. The van der Waals surface area contributed by atoms with Gasteiger partial charge in [-0.25, -0.2) is 4.98 Å². The first-order chi connectivity index (χ1) is 19.4. The van der Waals surface area contributed by atoms with E-state index in [1.54, 1.807) is 5.57 Å². The molecule has 0 saturated carbocycles. The van der Waals surface area contributed by atoms with Crippen molar-refractivity contribution < 1.29 is 0 Å². The van der Waals surface area contributed by atoms with E-state index in [1.807, 2.05) is 30.6 Å². The average molecular weight is 551 g/mol. The van der Waals surface area contributed by atoms with Crippen LogP contribution in [0.3, 0.4) is 0 Å². The number of piperazine rings is 1. The Kier molecular flexibility index (Phi) is 7.57. The second kappa shape index (κ2) is 11.3. The van der Waals surface area contributed by atoms with Gasteiger partial charge in [0.1, 0.15) is 5.65 Å². The standard InChI is InChI=1S/C35H39ClN4/c1-4-26-7-10-32(21-30(26)20-25-19-28-12-14-37-34(28)38-23-25)40-17-15-39(16-18-40)24-29-11-13-35(2,3)22-33(29)27-5-8-31(36)9-6-27/h4-10,12,14,19,21,23H,1,11,13,15-18,20,22,24H2,2-3H3,(H,37,38). The fourth-order valence-electron chi connectivity index (χ4n) is 6.34. The van der Waals surface area contributed by atoms with Crippen molar-refractivity contribution in [3.63, 3.8) is 0 Å². The van der Waals surface area contributed by atoms with Gasteiger partial charge in [-0.2, -0.15) is 0 Å². The smallest absolute Gasteiger partial charge is 0.137 e. The summed E-state index contributed by atoms with van der Waals surface area (Å²) in [6.45, 7) is 14.2. The van der Waals surface area contributed by atoms with Crippen LogP contribution in [0.2, 0.25) is 5.02 Å². The summed E-state index contributed by atoms with van der Waals surface area (Å²) in [4.78, 5) is 13.0. The van der Waals surface area contributed by atoms with E-state index >= 15 is 0 Å². The summed E-state index contributed by atoms with van der Waals surface area (Å²) >= 11 is 6.21. The van der Waals surface area contributed by atoms with Gasteiger partial charge < -0.3 is 9.88 Å². The predicted molar refractivity (Wildman–Crippen MR) is 170 cm³/mol. The van der Waals surface area contributed by atoms with E-state index in [1.165, 1.54) is 46.4 Å². The third-order valence-electron chi connectivity index (χ3n) is 8.73. The number of halogens is 1. The van der Waals surface area contributed by atoms with Crippen molar-refractivity contribution in [3.8, 4) is 0 Å². The Hall–Kier alpha value is -3.34. The SMILES string of the molecule is C=Cc1ccc(N2CCN(CC3=C(c4ccc(Cl)cc4)CC(C)(C)CC3)CC2)cc1Cc1cnc2[nH]ccc2c1. The zero-order valence-electron chi connectivity index (χ0n) is 23.7. The average Bonchev–Trinajstić information content (AvgIpc) is 3.43. The van der Waals surface area contributed by atoms with E-state index in [-0.39, 0.29) is 0 Å². The molecule has 1 fully saturated rings. The fourth-order valence-corrected chi connectivity index (χ4v) is 6.47. The van der Waals surface area contributed by atoms with Gasteiger partial charge in [-0.3, -0.25) is 4.90 Å². The minimum absolute atomic E-state index is 0.343. The van der Waals surface area contributed by atoms with Crippen molar-refractivity contribution in [3.05, 3.63) is 106 Å². The van der Waals surface area contributed by atoms with Gasteiger partial charge in [0.05, 0.1) is 0 Å². The quantitative estimate of drug-likeness (QED) is 0.252. The fraction of sp³-hybridized carbons (Fsp3) is 0.343. The Morgan fingerprint density at radius 1 is 1.02 bits per heavy atom. The molecule has 2 aliphatic rings. The highest BCUT2D eigenvalue weighted by Crippen LogP contribution is 2.43. The van der Waals surface area contributed by atoms with E-state index in [0.717, 1.165) is 61.6 Å². The minimum Gasteiger partial charge on any atom is -0.369 e. The van der Waals surface area contributed by atoms with Gasteiger partial charge in [0.15, 0.2) is 0 Å². The summed E-state index contributed by atoms with van der Waals surface area (Å²) in [6.07, 6.45) is 10.3. The highest BCUT2D eigenvalue weighted by atomic mass is 35.5. The van der Waals surface area contributed by atoms with E-state index in [4.69, 9.17) is 11.6 Å². The van der Waals surface area contributed by atoms with Crippen molar-refractivity contribution in [1.82, 2.24) is 14.9 Å². The normalized spacial score (nSPS) is 17.9. The summed E-state index contributed by atoms with van der Waals surface area (Å²) in [7, 11) is 0. The van der Waals surface area contributed by atoms with Crippen LogP contribution in [0.5, 0.6) is 0 Å². The number of aromatic nitrogens is 2. The van der Waals surface area contributed by atoms with E-state index in [9.17, 15) is 0 Å². The summed E-state index contributed by atoms with van der Waals surface area (Å²) in [6, 6.07) is 19.6. The van der Waals surface area contributed by atoms with Crippen molar-refractivity contribution in [2.45, 2.75) is 39.5 Å². The van der Waals surface area contributed by atoms with Crippen LogP contribution in [-0.2, 0) is 6.42 Å². The van der Waals surface area contributed by atoms with Crippen LogP contribution in [0, 0.1) is 5.41 Å². The molecule has 1 aliphatic heterocycles. The van der Waals surface area contributed by atoms with E-state index < -0.39 is 0 Å². The molecule has 206 valence electrons. The van der Waals surface area contributed by atoms with Gasteiger partial charge in [0, 0.05) is 61.2 Å². The van der Waals surface area contributed by atoms with Crippen LogP contribution in [0.1, 0.15) is 55.4 Å². The molecule has 0 radical (unpaired) electrons. The number of nitrogens with zero attached hydrogens (tertiary/aromatic N) is 3. The molecule has 0 amide bonds. The number of anilines is 1. The molecule has 4 aromatic rings. The zero-order valence-corrected chi connectivity index (χ0v) is 24.5. The molecule has 1 aliphatic carbocycles. The summed E-state index contributed by atoms with van der Waals surface area (Å²) in [5.74, 6) is 0. The number of benzene rings is 2. The lowest BCUT2D eigenvalue weighted by molar-refractivity contribution is 0.264. The summed E-state index contributed by atoms with van der Waals surface area (Å²) in [5.41, 5.74) is 10.8. The molecule has 0 unspecified atom stereocenters. The van der Waals surface area contributed by atoms with Crippen LogP contribution in [-0.4, -0.2) is 47.6 Å². The lowest BCUT2D eigenvalue weighted by Gasteiger charge is -2.39. The number of aromatic amines is 1. The first kappa shape index (κ1) is 26.9. The first-order valence-electron chi connectivity index (χ1n) is 14.5. The molecule has 2 aromatic carbocycles. The van der Waals surface area contributed by atoms with Crippen LogP contribution < -0.4 is 4.90 Å². The van der Waals surface area contributed by atoms with Crippen molar-refractivity contribution in [1.29, 1.82) is 0 Å². The predicted octanol–water partition coefficient (Wildman–Crippen LogP) is 8.24. The van der Waals surface area contributed by atoms with Crippen molar-refractivity contribution in [2.24, 2.45) is 5.41 Å². The molecule has 1 N–H and O–H groups in total. The maximum Gasteiger partial charge on any atom is 0.137 e. The van der Waals surface area contributed by atoms with Crippen LogP contribution in [0.15, 0.2) is 79.1 Å². The van der Waals surface area contributed by atoms with Gasteiger partial charge in [0.2, 0.25) is 0 Å². The molecule has 40 heavy (non-hydrogen) atoms. The monoisotopic (exact) mass is 550 g/mol.